The van der Waals surface area contributed by atoms with E-state index in [0.717, 1.165) is 5.69 Å². The standard InChI is InChI=1S/C9H13N3O2/c1-11-3-2-7(10-11)5-12-6-8(13)4-9(12)14/h2-3,8,13H,4-6H2,1H3. The Hall–Kier alpha value is -1.36. The van der Waals surface area contributed by atoms with Crippen LogP contribution in [0.2, 0.25) is 0 Å². The van der Waals surface area contributed by atoms with Crippen molar-refractivity contribution in [2.24, 2.45) is 7.05 Å². The van der Waals surface area contributed by atoms with E-state index in [0.29, 0.717) is 13.1 Å². The minimum Gasteiger partial charge on any atom is -0.391 e. The van der Waals surface area contributed by atoms with Crippen LogP contribution in [0.4, 0.5) is 0 Å². The molecule has 1 aromatic heterocycles. The Morgan fingerprint density at radius 1 is 1.71 bits per heavy atom. The number of hydrogen-bond donors (Lipinski definition) is 1. The number of nitrogens with zero attached hydrogens (tertiary/aromatic N) is 3. The van der Waals surface area contributed by atoms with Gasteiger partial charge in [0.2, 0.25) is 5.91 Å². The topological polar surface area (TPSA) is 58.4 Å². The van der Waals surface area contributed by atoms with Gasteiger partial charge in [-0.2, -0.15) is 5.10 Å². The fourth-order valence-corrected chi connectivity index (χ4v) is 1.65. The number of aliphatic hydroxyl groups excluding tert-OH is 1. The molecule has 76 valence electrons. The van der Waals surface area contributed by atoms with Crippen molar-refractivity contribution in [3.05, 3.63) is 18.0 Å². The van der Waals surface area contributed by atoms with Gasteiger partial charge in [-0.1, -0.05) is 0 Å². The summed E-state index contributed by atoms with van der Waals surface area (Å²) < 4.78 is 1.70. The second-order valence-corrected chi connectivity index (χ2v) is 3.61. The van der Waals surface area contributed by atoms with E-state index in [1.54, 1.807) is 9.58 Å². The molecule has 1 saturated heterocycles. The molecule has 1 fully saturated rings. The SMILES string of the molecule is Cn1ccc(CN2CC(O)CC2=O)n1. The molecule has 5 nitrogen and oxygen atoms in total. The Morgan fingerprint density at radius 3 is 3.00 bits per heavy atom. The lowest BCUT2D eigenvalue weighted by Crippen LogP contribution is -2.25. The van der Waals surface area contributed by atoms with Gasteiger partial charge < -0.3 is 10.0 Å². The fraction of sp³-hybridized carbons (Fsp3) is 0.556. The van der Waals surface area contributed by atoms with E-state index < -0.39 is 6.10 Å². The average molecular weight is 195 g/mol. The molecule has 1 atom stereocenters. The van der Waals surface area contributed by atoms with Crippen LogP contribution in [0.25, 0.3) is 0 Å². The molecule has 2 rings (SSSR count). The molecule has 1 amide bonds. The van der Waals surface area contributed by atoms with Crippen LogP contribution < -0.4 is 0 Å². The number of amides is 1. The zero-order chi connectivity index (χ0) is 10.1. The maximum Gasteiger partial charge on any atom is 0.225 e. The first-order valence-electron chi connectivity index (χ1n) is 4.59. The first kappa shape index (κ1) is 9.21. The Balaban J connectivity index is 2.01. The molecule has 1 aliphatic rings. The van der Waals surface area contributed by atoms with Crippen molar-refractivity contribution in [3.8, 4) is 0 Å². The van der Waals surface area contributed by atoms with Gasteiger partial charge in [0.1, 0.15) is 0 Å². The maximum absolute atomic E-state index is 11.3. The summed E-state index contributed by atoms with van der Waals surface area (Å²) in [5, 5.41) is 13.4. The molecule has 1 N–H and O–H groups in total. The van der Waals surface area contributed by atoms with Crippen molar-refractivity contribution in [2.75, 3.05) is 6.54 Å². The summed E-state index contributed by atoms with van der Waals surface area (Å²) in [6.45, 7) is 0.923. The van der Waals surface area contributed by atoms with Crippen molar-refractivity contribution in [1.29, 1.82) is 0 Å². The van der Waals surface area contributed by atoms with Crippen LogP contribution in [0.15, 0.2) is 12.3 Å². The second kappa shape index (κ2) is 3.42. The molecule has 5 heteroatoms. The summed E-state index contributed by atoms with van der Waals surface area (Å²) >= 11 is 0. The number of aliphatic hydroxyl groups is 1. The predicted octanol–water partition coefficient (Wildman–Crippen LogP) is -0.487. The van der Waals surface area contributed by atoms with Crippen molar-refractivity contribution in [3.63, 3.8) is 0 Å². The number of likely N-dealkylation sites (tertiary alicyclic amines) is 1. The van der Waals surface area contributed by atoms with E-state index in [-0.39, 0.29) is 12.3 Å². The average Bonchev–Trinajstić information content (AvgIpc) is 2.61. The summed E-state index contributed by atoms with van der Waals surface area (Å²) in [5.74, 6) is 0.00292. The van der Waals surface area contributed by atoms with Gasteiger partial charge in [0.15, 0.2) is 0 Å². The van der Waals surface area contributed by atoms with Crippen LogP contribution in [0, 0.1) is 0 Å². The van der Waals surface area contributed by atoms with E-state index >= 15 is 0 Å². The minimum atomic E-state index is -0.508. The quantitative estimate of drug-likeness (QED) is 0.693. The first-order chi connectivity index (χ1) is 6.65. The van der Waals surface area contributed by atoms with E-state index in [1.807, 2.05) is 19.3 Å². The highest BCUT2D eigenvalue weighted by molar-refractivity contribution is 5.78. The summed E-state index contributed by atoms with van der Waals surface area (Å²) in [6.07, 6.45) is 1.57. The zero-order valence-electron chi connectivity index (χ0n) is 8.05. The van der Waals surface area contributed by atoms with E-state index in [2.05, 4.69) is 5.10 Å². The molecule has 1 aromatic rings. The minimum absolute atomic E-state index is 0.00292. The van der Waals surface area contributed by atoms with E-state index in [9.17, 15) is 9.90 Å². The number of carbonyl (C=O) groups is 1. The highest BCUT2D eigenvalue weighted by Gasteiger charge is 2.28. The predicted molar refractivity (Wildman–Crippen MR) is 49.2 cm³/mol. The lowest BCUT2D eigenvalue weighted by molar-refractivity contribution is -0.128. The smallest absolute Gasteiger partial charge is 0.225 e. The number of hydrogen-bond acceptors (Lipinski definition) is 3. The molecule has 0 spiro atoms. The molecule has 0 aliphatic carbocycles. The zero-order valence-corrected chi connectivity index (χ0v) is 8.05. The number of rotatable bonds is 2. The highest BCUT2D eigenvalue weighted by atomic mass is 16.3. The molecule has 14 heavy (non-hydrogen) atoms. The van der Waals surface area contributed by atoms with Gasteiger partial charge in [-0.05, 0) is 6.07 Å². The summed E-state index contributed by atoms with van der Waals surface area (Å²) in [7, 11) is 1.84. The fourth-order valence-electron chi connectivity index (χ4n) is 1.65. The van der Waals surface area contributed by atoms with Gasteiger partial charge in [-0.15, -0.1) is 0 Å². The van der Waals surface area contributed by atoms with E-state index in [4.69, 9.17) is 0 Å². The van der Waals surface area contributed by atoms with Crippen LogP contribution in [0.5, 0.6) is 0 Å². The molecule has 1 aliphatic heterocycles. The van der Waals surface area contributed by atoms with Gasteiger partial charge >= 0.3 is 0 Å². The molecule has 0 bridgehead atoms. The summed E-state index contributed by atoms with van der Waals surface area (Å²) in [4.78, 5) is 13.0. The number of carbonyl (C=O) groups excluding carboxylic acids is 1. The number of β-amino-alcohol motifs (C(OH)–C–C–N with tert-alkyl or cyclic N) is 1. The van der Waals surface area contributed by atoms with Crippen molar-refractivity contribution < 1.29 is 9.90 Å². The van der Waals surface area contributed by atoms with Gasteiger partial charge in [0, 0.05) is 19.8 Å². The lowest BCUT2D eigenvalue weighted by Gasteiger charge is -2.13. The van der Waals surface area contributed by atoms with Gasteiger partial charge in [-0.25, -0.2) is 0 Å². The van der Waals surface area contributed by atoms with Crippen molar-refractivity contribution in [2.45, 2.75) is 19.1 Å². The van der Waals surface area contributed by atoms with Crippen molar-refractivity contribution >= 4 is 5.91 Å². The van der Waals surface area contributed by atoms with Gasteiger partial charge in [0.05, 0.1) is 24.8 Å². The normalized spacial score (nSPS) is 22.0. The second-order valence-electron chi connectivity index (χ2n) is 3.61. The third-order valence-electron chi connectivity index (χ3n) is 2.32. The van der Waals surface area contributed by atoms with Crippen molar-refractivity contribution in [1.82, 2.24) is 14.7 Å². The Labute approximate surface area is 81.9 Å². The van der Waals surface area contributed by atoms with Crippen LogP contribution >= 0.6 is 0 Å². The summed E-state index contributed by atoms with van der Waals surface area (Å²) in [6, 6.07) is 1.87. The molecular weight excluding hydrogens is 182 g/mol. The largest absolute Gasteiger partial charge is 0.391 e. The van der Waals surface area contributed by atoms with Gasteiger partial charge in [0.25, 0.3) is 0 Å². The highest BCUT2D eigenvalue weighted by Crippen LogP contribution is 2.13. The third-order valence-corrected chi connectivity index (χ3v) is 2.32. The van der Waals surface area contributed by atoms with Crippen LogP contribution in [0.3, 0.4) is 0 Å². The number of aryl methyl sites for hydroxylation is 1. The first-order valence-corrected chi connectivity index (χ1v) is 4.59. The monoisotopic (exact) mass is 195 g/mol. The van der Waals surface area contributed by atoms with Crippen LogP contribution in [0.1, 0.15) is 12.1 Å². The number of aromatic nitrogens is 2. The third kappa shape index (κ3) is 1.77. The Bertz CT molecular complexity index is 348. The maximum atomic E-state index is 11.3. The van der Waals surface area contributed by atoms with Crippen LogP contribution in [-0.2, 0) is 18.4 Å². The molecule has 1 unspecified atom stereocenters. The Kier molecular flexibility index (Phi) is 2.25. The van der Waals surface area contributed by atoms with Crippen LogP contribution in [-0.4, -0.2) is 38.3 Å². The molecule has 0 radical (unpaired) electrons. The molecular formula is C9H13N3O2. The summed E-state index contributed by atoms with van der Waals surface area (Å²) in [5.41, 5.74) is 0.856. The molecule has 2 heterocycles. The molecule has 0 aromatic carbocycles. The van der Waals surface area contributed by atoms with E-state index in [1.165, 1.54) is 0 Å². The lowest BCUT2D eigenvalue weighted by atomic mass is 10.3. The van der Waals surface area contributed by atoms with Gasteiger partial charge in [-0.3, -0.25) is 9.48 Å². The Morgan fingerprint density at radius 2 is 2.50 bits per heavy atom. The molecule has 0 saturated carbocycles.